The highest BCUT2D eigenvalue weighted by atomic mass is 16.3. The minimum absolute atomic E-state index is 0.911. The van der Waals surface area contributed by atoms with Gasteiger partial charge in [0.25, 0.3) is 0 Å². The van der Waals surface area contributed by atoms with Crippen LogP contribution in [-0.4, -0.2) is 0 Å². The van der Waals surface area contributed by atoms with Crippen LogP contribution in [0.3, 0.4) is 0 Å². The van der Waals surface area contributed by atoms with Crippen molar-refractivity contribution >= 4 is 49.8 Å². The van der Waals surface area contributed by atoms with Crippen LogP contribution in [0.2, 0.25) is 0 Å². The summed E-state index contributed by atoms with van der Waals surface area (Å²) in [6, 6.07) is 75.8. The van der Waals surface area contributed by atoms with E-state index in [0.29, 0.717) is 0 Å². The van der Waals surface area contributed by atoms with Crippen molar-refractivity contribution < 1.29 is 4.42 Å². The normalized spacial score (nSPS) is 11.3. The highest BCUT2D eigenvalue weighted by Crippen LogP contribution is 2.42. The van der Waals surface area contributed by atoms with Crippen LogP contribution in [-0.2, 0) is 0 Å². The molecule has 0 aliphatic carbocycles. The standard InChI is InChI=1S/C52H35NO/c1-3-11-36(12-4-1)38-21-23-40(24-22-38)43-16-9-17-46(35-43)53(44-30-25-39(26-31-44)37-13-5-2-6-14-37)45-32-27-41(28-33-45)47-19-10-15-42-29-34-49-48-18-7-8-20-50(48)54-52(49)51(42)47/h1-35H. The molecule has 0 bridgehead atoms. The van der Waals surface area contributed by atoms with Crippen LogP contribution in [0.4, 0.5) is 17.1 Å². The van der Waals surface area contributed by atoms with Gasteiger partial charge in [-0.25, -0.2) is 0 Å². The van der Waals surface area contributed by atoms with Gasteiger partial charge in [0.1, 0.15) is 11.2 Å². The molecule has 9 aromatic carbocycles. The molecule has 0 spiro atoms. The molecule has 0 N–H and O–H groups in total. The lowest BCUT2D eigenvalue weighted by atomic mass is 9.96. The molecule has 54 heavy (non-hydrogen) atoms. The number of hydrogen-bond acceptors (Lipinski definition) is 2. The first kappa shape index (κ1) is 31.6. The third-order valence-electron chi connectivity index (χ3n) is 10.5. The molecular formula is C52H35NO. The quantitative estimate of drug-likeness (QED) is 0.166. The average molecular weight is 690 g/mol. The zero-order valence-corrected chi connectivity index (χ0v) is 29.6. The van der Waals surface area contributed by atoms with Crippen molar-refractivity contribution in [2.45, 2.75) is 0 Å². The molecule has 254 valence electrons. The molecule has 1 aromatic heterocycles. The fourth-order valence-corrected chi connectivity index (χ4v) is 7.77. The molecular weight excluding hydrogens is 655 g/mol. The highest BCUT2D eigenvalue weighted by Gasteiger charge is 2.17. The Balaban J connectivity index is 1.06. The van der Waals surface area contributed by atoms with Crippen molar-refractivity contribution in [1.82, 2.24) is 0 Å². The Morgan fingerprint density at radius 2 is 0.833 bits per heavy atom. The van der Waals surface area contributed by atoms with Crippen LogP contribution >= 0.6 is 0 Å². The van der Waals surface area contributed by atoms with E-state index in [-0.39, 0.29) is 0 Å². The number of benzene rings is 9. The van der Waals surface area contributed by atoms with Gasteiger partial charge < -0.3 is 9.32 Å². The molecule has 1 heterocycles. The molecule has 0 aliphatic heterocycles. The minimum Gasteiger partial charge on any atom is -0.455 e. The minimum atomic E-state index is 0.911. The topological polar surface area (TPSA) is 16.4 Å². The summed E-state index contributed by atoms with van der Waals surface area (Å²) in [5, 5.41) is 4.58. The van der Waals surface area contributed by atoms with Crippen molar-refractivity contribution in [3.05, 3.63) is 212 Å². The lowest BCUT2D eigenvalue weighted by Crippen LogP contribution is -2.10. The first-order valence-corrected chi connectivity index (χ1v) is 18.4. The monoisotopic (exact) mass is 689 g/mol. The third-order valence-corrected chi connectivity index (χ3v) is 10.5. The summed E-state index contributed by atoms with van der Waals surface area (Å²) in [5.74, 6) is 0. The number of furan rings is 1. The molecule has 0 amide bonds. The fourth-order valence-electron chi connectivity index (χ4n) is 7.77. The van der Waals surface area contributed by atoms with Gasteiger partial charge in [0, 0.05) is 33.2 Å². The summed E-state index contributed by atoms with van der Waals surface area (Å²) < 4.78 is 6.52. The first-order chi connectivity index (χ1) is 26.8. The van der Waals surface area contributed by atoms with Gasteiger partial charge in [-0.15, -0.1) is 0 Å². The second kappa shape index (κ2) is 13.4. The fraction of sp³-hybridized carbons (Fsp3) is 0. The van der Waals surface area contributed by atoms with Gasteiger partial charge in [-0.05, 0) is 98.4 Å². The van der Waals surface area contributed by atoms with E-state index in [1.54, 1.807) is 0 Å². The maximum atomic E-state index is 6.52. The number of anilines is 3. The zero-order chi connectivity index (χ0) is 35.8. The average Bonchev–Trinajstić information content (AvgIpc) is 3.64. The molecule has 0 atom stereocenters. The van der Waals surface area contributed by atoms with E-state index in [0.717, 1.165) is 60.9 Å². The number of rotatable bonds is 7. The Hall–Kier alpha value is -7.16. The number of hydrogen-bond donors (Lipinski definition) is 0. The summed E-state index contributed by atoms with van der Waals surface area (Å²) >= 11 is 0. The molecule has 0 saturated heterocycles. The molecule has 2 heteroatoms. The summed E-state index contributed by atoms with van der Waals surface area (Å²) in [6.07, 6.45) is 0. The van der Waals surface area contributed by atoms with Gasteiger partial charge in [0.15, 0.2) is 0 Å². The number of nitrogens with zero attached hydrogens (tertiary/aromatic N) is 1. The second-order valence-electron chi connectivity index (χ2n) is 13.7. The molecule has 0 saturated carbocycles. The predicted octanol–water partition coefficient (Wildman–Crippen LogP) is 14.9. The van der Waals surface area contributed by atoms with Gasteiger partial charge in [0.2, 0.25) is 0 Å². The second-order valence-corrected chi connectivity index (χ2v) is 13.7. The predicted molar refractivity (Wildman–Crippen MR) is 228 cm³/mol. The molecule has 10 aromatic rings. The maximum Gasteiger partial charge on any atom is 0.143 e. The van der Waals surface area contributed by atoms with Crippen LogP contribution in [0.5, 0.6) is 0 Å². The SMILES string of the molecule is c1ccc(-c2ccc(-c3cccc(N(c4ccc(-c5ccccc5)cc4)c4ccc(-c5cccc6ccc7c8ccccc8oc7c56)cc4)c3)cc2)cc1. The van der Waals surface area contributed by atoms with Crippen molar-refractivity contribution in [2.75, 3.05) is 4.90 Å². The van der Waals surface area contributed by atoms with Crippen molar-refractivity contribution in [2.24, 2.45) is 0 Å². The van der Waals surface area contributed by atoms with E-state index in [9.17, 15) is 0 Å². The van der Waals surface area contributed by atoms with Crippen LogP contribution in [0, 0.1) is 0 Å². The van der Waals surface area contributed by atoms with Crippen molar-refractivity contribution in [3.8, 4) is 44.5 Å². The first-order valence-electron chi connectivity index (χ1n) is 18.4. The van der Waals surface area contributed by atoms with Crippen molar-refractivity contribution in [3.63, 3.8) is 0 Å². The number of fused-ring (bicyclic) bond motifs is 5. The lowest BCUT2D eigenvalue weighted by Gasteiger charge is -2.26. The van der Waals surface area contributed by atoms with Crippen LogP contribution in [0.15, 0.2) is 217 Å². The lowest BCUT2D eigenvalue weighted by molar-refractivity contribution is 0.673. The molecule has 0 aliphatic rings. The highest BCUT2D eigenvalue weighted by molar-refractivity contribution is 6.18. The van der Waals surface area contributed by atoms with Gasteiger partial charge >= 0.3 is 0 Å². The van der Waals surface area contributed by atoms with Gasteiger partial charge in [-0.2, -0.15) is 0 Å². The van der Waals surface area contributed by atoms with E-state index in [2.05, 4.69) is 205 Å². The van der Waals surface area contributed by atoms with Gasteiger partial charge in [-0.1, -0.05) is 164 Å². The van der Waals surface area contributed by atoms with Gasteiger partial charge in [0.05, 0.1) is 0 Å². The molecule has 2 nitrogen and oxygen atoms in total. The van der Waals surface area contributed by atoms with E-state index >= 15 is 0 Å². The summed E-state index contributed by atoms with van der Waals surface area (Å²) in [6.45, 7) is 0. The smallest absolute Gasteiger partial charge is 0.143 e. The van der Waals surface area contributed by atoms with E-state index in [1.165, 1.54) is 33.4 Å². The number of para-hydroxylation sites is 1. The Labute approximate surface area is 314 Å². The van der Waals surface area contributed by atoms with Crippen molar-refractivity contribution in [1.29, 1.82) is 0 Å². The van der Waals surface area contributed by atoms with Crippen LogP contribution in [0.1, 0.15) is 0 Å². The molecule has 10 rings (SSSR count). The Morgan fingerprint density at radius 1 is 0.315 bits per heavy atom. The molecule has 0 unspecified atom stereocenters. The third kappa shape index (κ3) is 5.71. The molecule has 0 radical (unpaired) electrons. The zero-order valence-electron chi connectivity index (χ0n) is 29.6. The van der Waals surface area contributed by atoms with E-state index in [4.69, 9.17) is 4.42 Å². The summed E-state index contributed by atoms with van der Waals surface area (Å²) in [4.78, 5) is 2.35. The molecule has 0 fully saturated rings. The Bertz CT molecular complexity index is 2890. The Kier molecular flexibility index (Phi) is 7.85. The summed E-state index contributed by atoms with van der Waals surface area (Å²) in [5.41, 5.74) is 14.6. The largest absolute Gasteiger partial charge is 0.455 e. The summed E-state index contributed by atoms with van der Waals surface area (Å²) in [7, 11) is 0. The Morgan fingerprint density at radius 3 is 1.50 bits per heavy atom. The maximum absolute atomic E-state index is 6.52. The van der Waals surface area contributed by atoms with Crippen LogP contribution in [0.25, 0.3) is 77.2 Å². The van der Waals surface area contributed by atoms with Crippen LogP contribution < -0.4 is 4.90 Å². The van der Waals surface area contributed by atoms with Gasteiger partial charge in [-0.3, -0.25) is 0 Å². The van der Waals surface area contributed by atoms with E-state index < -0.39 is 0 Å². The van der Waals surface area contributed by atoms with E-state index in [1.807, 2.05) is 12.1 Å².